The highest BCUT2D eigenvalue weighted by Crippen LogP contribution is 2.24. The van der Waals surface area contributed by atoms with E-state index in [2.05, 4.69) is 20.6 Å². The average Bonchev–Trinajstić information content (AvgIpc) is 3.16. The summed E-state index contributed by atoms with van der Waals surface area (Å²) in [6.07, 6.45) is 4.32. The molecule has 0 spiro atoms. The van der Waals surface area contributed by atoms with Crippen molar-refractivity contribution < 1.29 is 9.13 Å². The zero-order valence-corrected chi connectivity index (χ0v) is 20.2. The summed E-state index contributed by atoms with van der Waals surface area (Å²) in [6.45, 7) is 8.63. The minimum Gasteiger partial charge on any atom is -0.496 e. The fourth-order valence-corrected chi connectivity index (χ4v) is 3.58. The SMILES string of the molecule is CCNC(=NCc1ncc(C)c(OC)c1C)NC1CCN(c2ncccc2F)C1.I. The lowest BCUT2D eigenvalue weighted by atomic mass is 10.1. The second-order valence-corrected chi connectivity index (χ2v) is 7.13. The Bertz CT molecular complexity index is 879. The van der Waals surface area contributed by atoms with Gasteiger partial charge in [0.15, 0.2) is 17.6 Å². The Morgan fingerprint density at radius 2 is 2.17 bits per heavy atom. The Balaban J connectivity index is 0.00000320. The van der Waals surface area contributed by atoms with Crippen LogP contribution in [-0.2, 0) is 6.54 Å². The van der Waals surface area contributed by atoms with Crippen LogP contribution in [0.3, 0.4) is 0 Å². The quantitative estimate of drug-likeness (QED) is 0.341. The number of guanidine groups is 1. The summed E-state index contributed by atoms with van der Waals surface area (Å²) in [5.74, 6) is 1.70. The van der Waals surface area contributed by atoms with Gasteiger partial charge in [0.1, 0.15) is 5.75 Å². The summed E-state index contributed by atoms with van der Waals surface area (Å²) in [5, 5.41) is 6.73. The maximum atomic E-state index is 14.0. The first kappa shape index (κ1) is 24.1. The number of aliphatic imine (C=N–C) groups is 1. The van der Waals surface area contributed by atoms with Crippen LogP contribution in [0.5, 0.6) is 5.75 Å². The van der Waals surface area contributed by atoms with E-state index >= 15 is 0 Å². The fraction of sp³-hybridized carbons (Fsp3) is 0.476. The molecular weight excluding hydrogens is 498 g/mol. The molecule has 1 atom stereocenters. The van der Waals surface area contributed by atoms with Crippen LogP contribution in [0.15, 0.2) is 29.5 Å². The van der Waals surface area contributed by atoms with Gasteiger partial charge in [-0.1, -0.05) is 0 Å². The van der Waals surface area contributed by atoms with Crippen molar-refractivity contribution in [1.29, 1.82) is 0 Å². The van der Waals surface area contributed by atoms with Crippen LogP contribution in [0.2, 0.25) is 0 Å². The Morgan fingerprint density at radius 1 is 1.37 bits per heavy atom. The fourth-order valence-electron chi connectivity index (χ4n) is 3.58. The van der Waals surface area contributed by atoms with Gasteiger partial charge < -0.3 is 20.3 Å². The first-order valence-electron chi connectivity index (χ1n) is 9.92. The average molecular weight is 528 g/mol. The Labute approximate surface area is 194 Å². The minimum atomic E-state index is -0.288. The van der Waals surface area contributed by atoms with E-state index in [9.17, 15) is 4.39 Å². The van der Waals surface area contributed by atoms with E-state index in [1.54, 1.807) is 19.4 Å². The Hall–Kier alpha value is -2.17. The van der Waals surface area contributed by atoms with Gasteiger partial charge in [-0.25, -0.2) is 14.4 Å². The zero-order chi connectivity index (χ0) is 20.8. The van der Waals surface area contributed by atoms with E-state index in [0.29, 0.717) is 18.9 Å². The molecule has 1 unspecified atom stereocenters. The van der Waals surface area contributed by atoms with E-state index in [1.165, 1.54) is 6.07 Å². The molecule has 0 bridgehead atoms. The van der Waals surface area contributed by atoms with Crippen LogP contribution in [-0.4, -0.2) is 48.7 Å². The van der Waals surface area contributed by atoms with Crippen LogP contribution >= 0.6 is 24.0 Å². The molecule has 0 aromatic carbocycles. The molecule has 0 radical (unpaired) electrons. The summed E-state index contributed by atoms with van der Waals surface area (Å²) >= 11 is 0. The number of pyridine rings is 2. The summed E-state index contributed by atoms with van der Waals surface area (Å²) < 4.78 is 19.5. The number of nitrogens with zero attached hydrogens (tertiary/aromatic N) is 4. The van der Waals surface area contributed by atoms with E-state index in [-0.39, 0.29) is 35.8 Å². The zero-order valence-electron chi connectivity index (χ0n) is 17.9. The van der Waals surface area contributed by atoms with Crippen molar-refractivity contribution in [3.8, 4) is 5.75 Å². The third kappa shape index (κ3) is 5.71. The lowest BCUT2D eigenvalue weighted by molar-refractivity contribution is 0.407. The highest BCUT2D eigenvalue weighted by Gasteiger charge is 2.26. The van der Waals surface area contributed by atoms with E-state index < -0.39 is 0 Å². The summed E-state index contributed by atoms with van der Waals surface area (Å²) in [6, 6.07) is 3.21. The molecule has 1 saturated heterocycles. The standard InChI is InChI=1S/C21H29FN6O.HI/c1-5-23-21(26-12-18-15(3)19(29-4)14(2)11-25-18)27-16-8-10-28(13-16)20-17(22)7-6-9-24-20;/h6-7,9,11,16H,5,8,10,12-13H2,1-4H3,(H2,23,26,27);1H. The number of ether oxygens (including phenoxy) is 1. The van der Waals surface area contributed by atoms with Gasteiger partial charge in [-0.2, -0.15) is 0 Å². The second-order valence-electron chi connectivity index (χ2n) is 7.13. The predicted octanol–water partition coefficient (Wildman–Crippen LogP) is 3.19. The van der Waals surface area contributed by atoms with Crippen molar-refractivity contribution in [2.24, 2.45) is 4.99 Å². The molecule has 0 aliphatic carbocycles. The largest absolute Gasteiger partial charge is 0.496 e. The van der Waals surface area contributed by atoms with Gasteiger partial charge in [-0.05, 0) is 39.3 Å². The lowest BCUT2D eigenvalue weighted by Crippen LogP contribution is -2.44. The number of methoxy groups -OCH3 is 1. The van der Waals surface area contributed by atoms with Crippen molar-refractivity contribution >= 4 is 35.8 Å². The number of rotatable bonds is 6. The van der Waals surface area contributed by atoms with Crippen molar-refractivity contribution in [1.82, 2.24) is 20.6 Å². The molecule has 0 amide bonds. The molecule has 2 aromatic rings. The van der Waals surface area contributed by atoms with E-state index in [1.807, 2.05) is 31.9 Å². The van der Waals surface area contributed by atoms with Crippen LogP contribution in [0.1, 0.15) is 30.2 Å². The summed E-state index contributed by atoms with van der Waals surface area (Å²) in [7, 11) is 1.67. The van der Waals surface area contributed by atoms with Crippen molar-refractivity contribution in [3.05, 3.63) is 47.2 Å². The molecule has 3 heterocycles. The third-order valence-electron chi connectivity index (χ3n) is 5.05. The second kappa shape index (κ2) is 11.3. The van der Waals surface area contributed by atoms with Crippen LogP contribution in [0.4, 0.5) is 10.2 Å². The molecule has 1 fully saturated rings. The van der Waals surface area contributed by atoms with Gasteiger partial charge in [0.2, 0.25) is 0 Å². The molecule has 2 aromatic heterocycles. The Morgan fingerprint density at radius 3 is 2.87 bits per heavy atom. The molecule has 3 rings (SSSR count). The molecule has 1 aliphatic heterocycles. The van der Waals surface area contributed by atoms with Crippen LogP contribution in [0.25, 0.3) is 0 Å². The summed E-state index contributed by atoms with van der Waals surface area (Å²) in [5.41, 5.74) is 2.90. The van der Waals surface area contributed by atoms with Gasteiger partial charge in [-0.15, -0.1) is 24.0 Å². The number of aromatic nitrogens is 2. The third-order valence-corrected chi connectivity index (χ3v) is 5.05. The van der Waals surface area contributed by atoms with Gasteiger partial charge in [0.25, 0.3) is 0 Å². The van der Waals surface area contributed by atoms with Crippen molar-refractivity contribution in [2.45, 2.75) is 39.8 Å². The maximum Gasteiger partial charge on any atom is 0.191 e. The predicted molar refractivity (Wildman–Crippen MR) is 128 cm³/mol. The van der Waals surface area contributed by atoms with Gasteiger partial charge in [-0.3, -0.25) is 4.98 Å². The van der Waals surface area contributed by atoms with Crippen molar-refractivity contribution in [3.63, 3.8) is 0 Å². The Kier molecular flexibility index (Phi) is 9.07. The number of halogens is 2. The summed E-state index contributed by atoms with van der Waals surface area (Å²) in [4.78, 5) is 15.3. The molecule has 0 saturated carbocycles. The minimum absolute atomic E-state index is 0. The molecule has 30 heavy (non-hydrogen) atoms. The molecule has 164 valence electrons. The van der Waals surface area contributed by atoms with Crippen LogP contribution in [0, 0.1) is 19.7 Å². The van der Waals surface area contributed by atoms with Crippen LogP contribution < -0.4 is 20.3 Å². The maximum absolute atomic E-state index is 14.0. The number of hydrogen-bond acceptors (Lipinski definition) is 5. The van der Waals surface area contributed by atoms with E-state index in [0.717, 1.165) is 48.0 Å². The first-order chi connectivity index (χ1) is 14.0. The highest BCUT2D eigenvalue weighted by atomic mass is 127. The van der Waals surface area contributed by atoms with E-state index in [4.69, 9.17) is 9.73 Å². The lowest BCUT2D eigenvalue weighted by Gasteiger charge is -2.20. The topological polar surface area (TPSA) is 74.7 Å². The monoisotopic (exact) mass is 528 g/mol. The highest BCUT2D eigenvalue weighted by molar-refractivity contribution is 14.0. The number of hydrogen-bond donors (Lipinski definition) is 2. The molecule has 7 nitrogen and oxygen atoms in total. The van der Waals surface area contributed by atoms with Gasteiger partial charge in [0, 0.05) is 49.2 Å². The number of aryl methyl sites for hydroxylation is 1. The molecule has 9 heteroatoms. The number of nitrogens with one attached hydrogen (secondary N) is 2. The molecule has 1 aliphatic rings. The smallest absolute Gasteiger partial charge is 0.191 e. The van der Waals surface area contributed by atoms with Gasteiger partial charge in [0.05, 0.1) is 19.3 Å². The van der Waals surface area contributed by atoms with Crippen molar-refractivity contribution in [2.75, 3.05) is 31.6 Å². The molecule has 2 N–H and O–H groups in total. The number of anilines is 1. The first-order valence-corrected chi connectivity index (χ1v) is 9.92. The molecular formula is C21H30FIN6O. The normalized spacial score (nSPS) is 16.2. The van der Waals surface area contributed by atoms with Gasteiger partial charge >= 0.3 is 0 Å².